The Hall–Kier alpha value is -0.610. The van der Waals surface area contributed by atoms with Crippen LogP contribution in [0, 0.1) is 11.8 Å². The fourth-order valence-corrected chi connectivity index (χ4v) is 2.97. The summed E-state index contributed by atoms with van der Waals surface area (Å²) in [5.41, 5.74) is 0. The van der Waals surface area contributed by atoms with Crippen LogP contribution >= 0.6 is 0 Å². The fraction of sp³-hybridized carbons (Fsp3) is 0.933. The first-order valence-corrected chi connectivity index (χ1v) is 7.87. The summed E-state index contributed by atoms with van der Waals surface area (Å²) in [6, 6.07) is 0.650. The van der Waals surface area contributed by atoms with E-state index in [4.69, 9.17) is 0 Å². The van der Waals surface area contributed by atoms with Crippen molar-refractivity contribution in [2.45, 2.75) is 45.6 Å². The predicted octanol–water partition coefficient (Wildman–Crippen LogP) is 1.22. The molecule has 19 heavy (non-hydrogen) atoms. The summed E-state index contributed by atoms with van der Waals surface area (Å²) in [7, 11) is 0. The Balaban J connectivity index is 1.72. The fourth-order valence-electron chi connectivity index (χ4n) is 2.97. The highest BCUT2D eigenvalue weighted by atomic mass is 16.1. The number of nitrogens with zero attached hydrogens (tertiary/aromatic N) is 1. The van der Waals surface area contributed by atoms with Crippen LogP contribution in [0.1, 0.15) is 39.5 Å². The van der Waals surface area contributed by atoms with E-state index in [-0.39, 0.29) is 5.91 Å². The van der Waals surface area contributed by atoms with E-state index in [1.807, 2.05) is 0 Å². The Morgan fingerprint density at radius 1 is 1.26 bits per heavy atom. The number of hydrogen-bond acceptors (Lipinski definition) is 3. The van der Waals surface area contributed by atoms with E-state index in [2.05, 4.69) is 22.5 Å². The molecule has 4 heteroatoms. The van der Waals surface area contributed by atoms with Crippen molar-refractivity contribution < 1.29 is 4.79 Å². The van der Waals surface area contributed by atoms with Gasteiger partial charge in [-0.1, -0.05) is 13.3 Å². The van der Waals surface area contributed by atoms with Crippen molar-refractivity contribution in [2.24, 2.45) is 11.8 Å². The van der Waals surface area contributed by atoms with E-state index in [1.165, 1.54) is 38.8 Å². The van der Waals surface area contributed by atoms with E-state index in [1.54, 1.807) is 6.92 Å². The molecule has 0 aromatic rings. The molecule has 0 bridgehead atoms. The van der Waals surface area contributed by atoms with Gasteiger partial charge in [-0.15, -0.1) is 0 Å². The summed E-state index contributed by atoms with van der Waals surface area (Å²) >= 11 is 0. The summed E-state index contributed by atoms with van der Waals surface area (Å²) < 4.78 is 0. The molecule has 1 heterocycles. The Kier molecular flexibility index (Phi) is 5.64. The van der Waals surface area contributed by atoms with Gasteiger partial charge in [0.2, 0.25) is 5.91 Å². The zero-order chi connectivity index (χ0) is 13.7. The highest BCUT2D eigenvalue weighted by molar-refractivity contribution is 5.72. The Morgan fingerprint density at radius 3 is 2.68 bits per heavy atom. The summed E-state index contributed by atoms with van der Waals surface area (Å²) in [6.07, 6.45) is 5.42. The highest BCUT2D eigenvalue weighted by Crippen LogP contribution is 2.28. The van der Waals surface area contributed by atoms with Crippen molar-refractivity contribution in [3.63, 3.8) is 0 Å². The lowest BCUT2D eigenvalue weighted by Crippen LogP contribution is -2.51. The van der Waals surface area contributed by atoms with Gasteiger partial charge < -0.3 is 10.6 Å². The van der Waals surface area contributed by atoms with Crippen LogP contribution in [0.4, 0.5) is 0 Å². The van der Waals surface area contributed by atoms with Crippen molar-refractivity contribution in [1.29, 1.82) is 0 Å². The van der Waals surface area contributed by atoms with E-state index in [0.717, 1.165) is 31.5 Å². The monoisotopic (exact) mass is 267 g/mol. The van der Waals surface area contributed by atoms with Gasteiger partial charge in [0.1, 0.15) is 0 Å². The van der Waals surface area contributed by atoms with Gasteiger partial charge in [0, 0.05) is 39.1 Å². The zero-order valence-corrected chi connectivity index (χ0v) is 12.5. The van der Waals surface area contributed by atoms with Gasteiger partial charge in [0.05, 0.1) is 0 Å². The second-order valence-electron chi connectivity index (χ2n) is 6.30. The zero-order valence-electron chi connectivity index (χ0n) is 12.5. The van der Waals surface area contributed by atoms with Gasteiger partial charge in [0.15, 0.2) is 0 Å². The molecule has 2 aliphatic rings. The topological polar surface area (TPSA) is 44.4 Å². The molecule has 2 unspecified atom stereocenters. The molecule has 1 aliphatic carbocycles. The second kappa shape index (κ2) is 7.25. The van der Waals surface area contributed by atoms with Crippen LogP contribution < -0.4 is 10.6 Å². The Morgan fingerprint density at radius 2 is 2.05 bits per heavy atom. The van der Waals surface area contributed by atoms with Gasteiger partial charge in [-0.3, -0.25) is 9.69 Å². The first kappa shape index (κ1) is 14.8. The number of piperidine rings is 1. The summed E-state index contributed by atoms with van der Waals surface area (Å²) in [4.78, 5) is 13.4. The molecule has 0 aromatic carbocycles. The van der Waals surface area contributed by atoms with Gasteiger partial charge in [-0.25, -0.2) is 0 Å². The maximum atomic E-state index is 10.9. The van der Waals surface area contributed by atoms with Gasteiger partial charge in [-0.05, 0) is 37.6 Å². The van der Waals surface area contributed by atoms with Crippen LogP contribution in [-0.4, -0.2) is 49.6 Å². The first-order valence-electron chi connectivity index (χ1n) is 7.87. The SMILES string of the molecule is CCC1CC(NCC2CC2)CN(CCNC(C)=O)C1. The number of amides is 1. The second-order valence-corrected chi connectivity index (χ2v) is 6.30. The molecule has 110 valence electrons. The first-order chi connectivity index (χ1) is 9.17. The third-order valence-electron chi connectivity index (χ3n) is 4.38. The molecule has 4 nitrogen and oxygen atoms in total. The lowest BCUT2D eigenvalue weighted by atomic mass is 9.92. The third-order valence-corrected chi connectivity index (χ3v) is 4.38. The average Bonchev–Trinajstić information content (AvgIpc) is 3.19. The minimum Gasteiger partial charge on any atom is -0.355 e. The maximum Gasteiger partial charge on any atom is 0.216 e. The van der Waals surface area contributed by atoms with E-state index in [9.17, 15) is 4.79 Å². The van der Waals surface area contributed by atoms with Gasteiger partial charge in [-0.2, -0.15) is 0 Å². The molecule has 0 radical (unpaired) electrons. The van der Waals surface area contributed by atoms with Crippen LogP contribution in [0.5, 0.6) is 0 Å². The van der Waals surface area contributed by atoms with Crippen molar-refractivity contribution in [3.8, 4) is 0 Å². The molecule has 2 rings (SSSR count). The number of rotatable bonds is 7. The Labute approximate surface area is 117 Å². The van der Waals surface area contributed by atoms with Crippen molar-refractivity contribution >= 4 is 5.91 Å². The van der Waals surface area contributed by atoms with Crippen molar-refractivity contribution in [1.82, 2.24) is 15.5 Å². The average molecular weight is 267 g/mol. The molecule has 2 fully saturated rings. The molecule has 0 spiro atoms. The minimum atomic E-state index is 0.0764. The number of nitrogens with one attached hydrogen (secondary N) is 2. The van der Waals surface area contributed by atoms with Crippen LogP contribution in [0.2, 0.25) is 0 Å². The van der Waals surface area contributed by atoms with Crippen molar-refractivity contribution in [3.05, 3.63) is 0 Å². The molecule has 1 amide bonds. The lowest BCUT2D eigenvalue weighted by Gasteiger charge is -2.38. The van der Waals surface area contributed by atoms with Gasteiger partial charge >= 0.3 is 0 Å². The van der Waals surface area contributed by atoms with Crippen molar-refractivity contribution in [2.75, 3.05) is 32.7 Å². The normalized spacial score (nSPS) is 28.3. The molecular formula is C15H29N3O. The molecular weight excluding hydrogens is 238 g/mol. The summed E-state index contributed by atoms with van der Waals surface area (Å²) in [5, 5.41) is 6.65. The van der Waals surface area contributed by atoms with E-state index in [0.29, 0.717) is 6.04 Å². The maximum absolute atomic E-state index is 10.9. The number of carbonyl (C=O) groups is 1. The molecule has 0 aromatic heterocycles. The van der Waals surface area contributed by atoms with E-state index >= 15 is 0 Å². The molecule has 1 saturated carbocycles. The third kappa shape index (κ3) is 5.49. The Bertz CT molecular complexity index is 291. The smallest absolute Gasteiger partial charge is 0.216 e. The van der Waals surface area contributed by atoms with Gasteiger partial charge in [0.25, 0.3) is 0 Å². The van der Waals surface area contributed by atoms with E-state index < -0.39 is 0 Å². The minimum absolute atomic E-state index is 0.0764. The molecule has 2 N–H and O–H groups in total. The van der Waals surface area contributed by atoms with Crippen LogP contribution in [-0.2, 0) is 4.79 Å². The largest absolute Gasteiger partial charge is 0.355 e. The lowest BCUT2D eigenvalue weighted by molar-refractivity contribution is -0.119. The molecule has 1 saturated heterocycles. The predicted molar refractivity (Wildman–Crippen MR) is 78.0 cm³/mol. The number of carbonyl (C=O) groups excluding carboxylic acids is 1. The number of hydrogen-bond donors (Lipinski definition) is 2. The van der Waals surface area contributed by atoms with Crippen LogP contribution in [0.3, 0.4) is 0 Å². The summed E-state index contributed by atoms with van der Waals surface area (Å²) in [6.45, 7) is 9.19. The molecule has 2 atom stereocenters. The van der Waals surface area contributed by atoms with Crippen LogP contribution in [0.15, 0.2) is 0 Å². The summed E-state index contributed by atoms with van der Waals surface area (Å²) in [5.74, 6) is 1.84. The number of likely N-dealkylation sites (tertiary alicyclic amines) is 1. The highest BCUT2D eigenvalue weighted by Gasteiger charge is 2.28. The van der Waals surface area contributed by atoms with Crippen LogP contribution in [0.25, 0.3) is 0 Å². The molecule has 1 aliphatic heterocycles. The standard InChI is InChI=1S/C15H29N3O/c1-3-13-8-15(17-9-14-4-5-14)11-18(10-13)7-6-16-12(2)19/h13-15,17H,3-11H2,1-2H3,(H,16,19). The quantitative estimate of drug-likeness (QED) is 0.729.